The Bertz CT molecular complexity index is 1360. The second-order valence-electron chi connectivity index (χ2n) is 7.09. The summed E-state index contributed by atoms with van der Waals surface area (Å²) in [6.07, 6.45) is 4.24. The molecular formula is C24H18FN3O3. The van der Waals surface area contributed by atoms with E-state index in [1.165, 1.54) is 47.4 Å². The second-order valence-corrected chi connectivity index (χ2v) is 7.09. The minimum Gasteiger partial charge on any atom is -0.337 e. The Balaban J connectivity index is 1.78. The fourth-order valence-electron chi connectivity index (χ4n) is 3.38. The van der Waals surface area contributed by atoms with Crippen molar-refractivity contribution < 1.29 is 14.0 Å². The number of halogens is 1. The Morgan fingerprint density at radius 2 is 1.81 bits per heavy atom. The lowest BCUT2D eigenvalue weighted by molar-refractivity contribution is -0.116. The molecule has 0 saturated heterocycles. The van der Waals surface area contributed by atoms with Gasteiger partial charge in [-0.2, -0.15) is 0 Å². The molecule has 2 aromatic carbocycles. The number of carbonyl (C=O) groups is 2. The molecule has 4 rings (SSSR count). The third-order valence-corrected chi connectivity index (χ3v) is 4.96. The predicted molar refractivity (Wildman–Crippen MR) is 116 cm³/mol. The van der Waals surface area contributed by atoms with Crippen LogP contribution >= 0.6 is 0 Å². The number of nitrogens with zero attached hydrogens (tertiary/aromatic N) is 2. The zero-order chi connectivity index (χ0) is 22.0. The molecule has 154 valence electrons. The average molecular weight is 415 g/mol. The molecule has 0 radical (unpaired) electrons. The highest BCUT2D eigenvalue weighted by atomic mass is 19.1. The normalized spacial score (nSPS) is 10.8. The molecule has 0 fully saturated rings. The molecule has 31 heavy (non-hydrogen) atoms. The van der Waals surface area contributed by atoms with Gasteiger partial charge in [-0.05, 0) is 48.9 Å². The minimum atomic E-state index is -0.603. The van der Waals surface area contributed by atoms with E-state index in [2.05, 4.69) is 10.3 Å². The number of ketones is 1. The Morgan fingerprint density at radius 3 is 2.55 bits per heavy atom. The quantitative estimate of drug-likeness (QED) is 0.504. The highest BCUT2D eigenvalue weighted by molar-refractivity contribution is 6.10. The van der Waals surface area contributed by atoms with Crippen LogP contribution in [0, 0.1) is 12.7 Å². The average Bonchev–Trinajstić information content (AvgIpc) is 2.77. The van der Waals surface area contributed by atoms with E-state index in [-0.39, 0.29) is 29.0 Å². The van der Waals surface area contributed by atoms with Crippen LogP contribution in [0.1, 0.15) is 21.5 Å². The van der Waals surface area contributed by atoms with Crippen LogP contribution in [0.25, 0.3) is 10.9 Å². The van der Waals surface area contributed by atoms with E-state index in [1.807, 2.05) is 25.1 Å². The maximum absolute atomic E-state index is 13.9. The molecule has 0 aliphatic rings. The van der Waals surface area contributed by atoms with Crippen molar-refractivity contribution in [1.29, 1.82) is 0 Å². The number of hydrogen-bond donors (Lipinski definition) is 1. The summed E-state index contributed by atoms with van der Waals surface area (Å²) in [6.45, 7) is 1.71. The summed E-state index contributed by atoms with van der Waals surface area (Å²) < 4.78 is 15.4. The molecule has 7 heteroatoms. The number of nitrogens with one attached hydrogen (secondary N) is 1. The summed E-state index contributed by atoms with van der Waals surface area (Å²) in [7, 11) is 0. The van der Waals surface area contributed by atoms with Gasteiger partial charge in [0.2, 0.25) is 11.3 Å². The van der Waals surface area contributed by atoms with E-state index in [0.29, 0.717) is 11.2 Å². The van der Waals surface area contributed by atoms with E-state index in [0.717, 1.165) is 11.6 Å². The van der Waals surface area contributed by atoms with Gasteiger partial charge in [-0.25, -0.2) is 4.39 Å². The van der Waals surface area contributed by atoms with Crippen LogP contribution < -0.4 is 10.7 Å². The van der Waals surface area contributed by atoms with Gasteiger partial charge in [0.05, 0.1) is 11.1 Å². The fraction of sp³-hybridized carbons (Fsp3) is 0.0833. The first kappa shape index (κ1) is 20.2. The Labute approximate surface area is 177 Å². The summed E-state index contributed by atoms with van der Waals surface area (Å²) in [5.74, 6) is -1.47. The van der Waals surface area contributed by atoms with E-state index in [9.17, 15) is 18.8 Å². The van der Waals surface area contributed by atoms with Crippen molar-refractivity contribution >= 4 is 28.3 Å². The molecule has 0 atom stereocenters. The number of rotatable bonds is 5. The first-order valence-electron chi connectivity index (χ1n) is 9.57. The summed E-state index contributed by atoms with van der Waals surface area (Å²) >= 11 is 0. The zero-order valence-corrected chi connectivity index (χ0v) is 16.6. The largest absolute Gasteiger partial charge is 0.337 e. The van der Waals surface area contributed by atoms with Crippen molar-refractivity contribution in [2.75, 3.05) is 5.32 Å². The first-order valence-corrected chi connectivity index (χ1v) is 9.57. The topological polar surface area (TPSA) is 81.1 Å². The van der Waals surface area contributed by atoms with Crippen LogP contribution in [0.2, 0.25) is 0 Å². The van der Waals surface area contributed by atoms with Crippen molar-refractivity contribution in [1.82, 2.24) is 9.55 Å². The minimum absolute atomic E-state index is 0.0311. The van der Waals surface area contributed by atoms with Gasteiger partial charge in [0.25, 0.3) is 0 Å². The van der Waals surface area contributed by atoms with Crippen molar-refractivity contribution in [3.63, 3.8) is 0 Å². The standard InChI is InChI=1S/C24H18FN3O3/c1-15-4-2-3-5-20(15)27-22(29)14-28-13-19(23(30)16-8-10-26-11-9-16)24(31)18-12-17(25)6-7-21(18)28/h2-13H,14H2,1H3,(H,27,29). The molecule has 1 N–H and O–H groups in total. The Hall–Kier alpha value is -4.13. The first-order chi connectivity index (χ1) is 14.9. The van der Waals surface area contributed by atoms with Crippen LogP contribution in [0.5, 0.6) is 0 Å². The van der Waals surface area contributed by atoms with Crippen LogP contribution in [-0.2, 0) is 11.3 Å². The third kappa shape index (κ3) is 4.11. The lowest BCUT2D eigenvalue weighted by Gasteiger charge is -2.14. The number of amides is 1. The van der Waals surface area contributed by atoms with Crippen LogP contribution in [0.3, 0.4) is 0 Å². The van der Waals surface area contributed by atoms with Gasteiger partial charge in [0, 0.05) is 35.2 Å². The highest BCUT2D eigenvalue weighted by Gasteiger charge is 2.19. The molecule has 4 aromatic rings. The van der Waals surface area contributed by atoms with Crippen LogP contribution in [0.4, 0.5) is 10.1 Å². The molecule has 0 aliphatic carbocycles. The monoisotopic (exact) mass is 415 g/mol. The van der Waals surface area contributed by atoms with E-state index in [1.54, 1.807) is 6.07 Å². The number of aromatic nitrogens is 2. The number of benzene rings is 2. The summed E-state index contributed by atoms with van der Waals surface area (Å²) in [5.41, 5.74) is 1.46. The number of anilines is 1. The van der Waals surface area contributed by atoms with Gasteiger partial charge < -0.3 is 9.88 Å². The zero-order valence-electron chi connectivity index (χ0n) is 16.6. The predicted octanol–water partition coefficient (Wildman–Crippen LogP) is 3.71. The molecule has 2 aromatic heterocycles. The second kappa shape index (κ2) is 8.31. The van der Waals surface area contributed by atoms with Crippen LogP contribution in [-0.4, -0.2) is 21.2 Å². The number of carbonyl (C=O) groups excluding carboxylic acids is 2. The van der Waals surface area contributed by atoms with Gasteiger partial charge in [-0.3, -0.25) is 19.4 Å². The number of hydrogen-bond acceptors (Lipinski definition) is 4. The lowest BCUT2D eigenvalue weighted by atomic mass is 10.0. The van der Waals surface area contributed by atoms with E-state index in [4.69, 9.17) is 0 Å². The lowest BCUT2D eigenvalue weighted by Crippen LogP contribution is -2.24. The molecule has 6 nitrogen and oxygen atoms in total. The summed E-state index contributed by atoms with van der Waals surface area (Å²) in [4.78, 5) is 42.5. The van der Waals surface area contributed by atoms with Gasteiger partial charge in [0.1, 0.15) is 12.4 Å². The maximum atomic E-state index is 13.9. The number of aryl methyl sites for hydroxylation is 1. The molecule has 2 heterocycles. The van der Waals surface area contributed by atoms with Crippen molar-refractivity contribution in [2.24, 2.45) is 0 Å². The molecule has 0 spiro atoms. The van der Waals surface area contributed by atoms with Gasteiger partial charge >= 0.3 is 0 Å². The van der Waals surface area contributed by atoms with Crippen molar-refractivity contribution in [3.8, 4) is 0 Å². The molecule has 0 bridgehead atoms. The SMILES string of the molecule is Cc1ccccc1NC(=O)Cn1cc(C(=O)c2ccncc2)c(=O)c2cc(F)ccc21. The summed E-state index contributed by atoms with van der Waals surface area (Å²) in [6, 6.07) is 14.0. The number of fused-ring (bicyclic) bond motifs is 1. The van der Waals surface area contributed by atoms with Gasteiger partial charge in [0.15, 0.2) is 5.78 Å². The Kier molecular flexibility index (Phi) is 5.41. The number of para-hydroxylation sites is 1. The van der Waals surface area contributed by atoms with Crippen molar-refractivity contribution in [3.05, 3.63) is 106 Å². The number of pyridine rings is 2. The summed E-state index contributed by atoms with van der Waals surface area (Å²) in [5, 5.41) is 2.86. The highest BCUT2D eigenvalue weighted by Crippen LogP contribution is 2.17. The smallest absolute Gasteiger partial charge is 0.244 e. The fourth-order valence-corrected chi connectivity index (χ4v) is 3.38. The molecule has 0 unspecified atom stereocenters. The van der Waals surface area contributed by atoms with Crippen LogP contribution in [0.15, 0.2) is 78.0 Å². The third-order valence-electron chi connectivity index (χ3n) is 4.96. The Morgan fingerprint density at radius 1 is 1.06 bits per heavy atom. The molecule has 1 amide bonds. The van der Waals surface area contributed by atoms with E-state index >= 15 is 0 Å². The molecule has 0 saturated carbocycles. The molecular weight excluding hydrogens is 397 g/mol. The van der Waals surface area contributed by atoms with Gasteiger partial charge in [-0.1, -0.05) is 18.2 Å². The maximum Gasteiger partial charge on any atom is 0.244 e. The molecule has 0 aliphatic heterocycles. The van der Waals surface area contributed by atoms with Crippen molar-refractivity contribution in [2.45, 2.75) is 13.5 Å². The van der Waals surface area contributed by atoms with Gasteiger partial charge in [-0.15, -0.1) is 0 Å². The van der Waals surface area contributed by atoms with E-state index < -0.39 is 17.0 Å².